The summed E-state index contributed by atoms with van der Waals surface area (Å²) in [6, 6.07) is 0.339. The molecule has 1 amide bonds. The fourth-order valence-corrected chi connectivity index (χ4v) is 2.63. The summed E-state index contributed by atoms with van der Waals surface area (Å²) in [5.41, 5.74) is 0. The standard InChI is InChI=1S/C16H23ClN4O2/c1-3-4-5-15(23-16-18-10-14(17)11-19-16)12-20-6-8-21(9-7-20)13(2)22/h3,10-11,15H,1,4-9,12H2,2H3. The van der Waals surface area contributed by atoms with Gasteiger partial charge in [-0.3, -0.25) is 9.69 Å². The van der Waals surface area contributed by atoms with Gasteiger partial charge >= 0.3 is 6.01 Å². The summed E-state index contributed by atoms with van der Waals surface area (Å²) in [7, 11) is 0. The van der Waals surface area contributed by atoms with Crippen molar-refractivity contribution in [3.63, 3.8) is 0 Å². The fraction of sp³-hybridized carbons (Fsp3) is 0.562. The molecular formula is C16H23ClN4O2. The van der Waals surface area contributed by atoms with Gasteiger partial charge < -0.3 is 9.64 Å². The Balaban J connectivity index is 1.89. The normalized spacial score (nSPS) is 16.9. The smallest absolute Gasteiger partial charge is 0.316 e. The predicted octanol–water partition coefficient (Wildman–Crippen LogP) is 2.01. The summed E-state index contributed by atoms with van der Waals surface area (Å²) >= 11 is 5.79. The largest absolute Gasteiger partial charge is 0.459 e. The van der Waals surface area contributed by atoms with Crippen molar-refractivity contribution >= 4 is 17.5 Å². The van der Waals surface area contributed by atoms with Crippen molar-refractivity contribution in [3.8, 4) is 6.01 Å². The fourth-order valence-electron chi connectivity index (χ4n) is 2.53. The zero-order chi connectivity index (χ0) is 16.7. The quantitative estimate of drug-likeness (QED) is 0.712. The summed E-state index contributed by atoms with van der Waals surface area (Å²) in [5, 5.41) is 0.486. The van der Waals surface area contributed by atoms with Gasteiger partial charge in [0.25, 0.3) is 0 Å². The highest BCUT2D eigenvalue weighted by molar-refractivity contribution is 6.30. The molecule has 23 heavy (non-hydrogen) atoms. The Kier molecular flexibility index (Phi) is 6.80. The molecule has 1 aromatic heterocycles. The zero-order valence-electron chi connectivity index (χ0n) is 13.4. The first kappa shape index (κ1) is 17.7. The molecule has 0 spiro atoms. The first-order valence-corrected chi connectivity index (χ1v) is 8.19. The van der Waals surface area contributed by atoms with Gasteiger partial charge in [-0.15, -0.1) is 6.58 Å². The van der Waals surface area contributed by atoms with E-state index in [1.54, 1.807) is 6.92 Å². The molecule has 0 bridgehead atoms. The van der Waals surface area contributed by atoms with Gasteiger partial charge in [0.2, 0.25) is 5.91 Å². The third-order valence-electron chi connectivity index (χ3n) is 3.84. The number of aromatic nitrogens is 2. The molecule has 1 fully saturated rings. The molecule has 7 heteroatoms. The highest BCUT2D eigenvalue weighted by Gasteiger charge is 2.22. The van der Waals surface area contributed by atoms with Crippen molar-refractivity contribution < 1.29 is 9.53 Å². The number of carbonyl (C=O) groups excluding carboxylic acids is 1. The number of halogens is 1. The van der Waals surface area contributed by atoms with E-state index in [1.807, 2.05) is 11.0 Å². The van der Waals surface area contributed by atoms with Crippen LogP contribution in [0.5, 0.6) is 6.01 Å². The van der Waals surface area contributed by atoms with E-state index in [0.29, 0.717) is 11.0 Å². The Morgan fingerprint density at radius 2 is 2.04 bits per heavy atom. The molecule has 126 valence electrons. The zero-order valence-corrected chi connectivity index (χ0v) is 14.2. The van der Waals surface area contributed by atoms with E-state index in [1.165, 1.54) is 12.4 Å². The first-order chi connectivity index (χ1) is 11.1. The van der Waals surface area contributed by atoms with Crippen LogP contribution >= 0.6 is 11.6 Å². The number of allylic oxidation sites excluding steroid dienone is 1. The van der Waals surface area contributed by atoms with Crippen LogP contribution in [0.3, 0.4) is 0 Å². The molecular weight excluding hydrogens is 316 g/mol. The minimum absolute atomic E-state index is 0.0157. The van der Waals surface area contributed by atoms with E-state index >= 15 is 0 Å². The van der Waals surface area contributed by atoms with E-state index < -0.39 is 0 Å². The highest BCUT2D eigenvalue weighted by atomic mass is 35.5. The topological polar surface area (TPSA) is 58.6 Å². The summed E-state index contributed by atoms with van der Waals surface area (Å²) in [6.45, 7) is 9.41. The number of ether oxygens (including phenoxy) is 1. The van der Waals surface area contributed by atoms with Gasteiger partial charge in [-0.25, -0.2) is 9.97 Å². The molecule has 1 unspecified atom stereocenters. The molecule has 0 aromatic carbocycles. The van der Waals surface area contributed by atoms with Crippen LogP contribution in [0.2, 0.25) is 5.02 Å². The minimum Gasteiger partial charge on any atom is -0.459 e. The maximum atomic E-state index is 11.4. The molecule has 0 N–H and O–H groups in total. The lowest BCUT2D eigenvalue weighted by Crippen LogP contribution is -2.50. The second-order valence-electron chi connectivity index (χ2n) is 5.60. The number of hydrogen-bond acceptors (Lipinski definition) is 5. The second-order valence-corrected chi connectivity index (χ2v) is 6.03. The third kappa shape index (κ3) is 5.80. The monoisotopic (exact) mass is 338 g/mol. The van der Waals surface area contributed by atoms with E-state index in [9.17, 15) is 4.79 Å². The highest BCUT2D eigenvalue weighted by Crippen LogP contribution is 2.13. The minimum atomic E-state index is -0.0157. The number of piperazine rings is 1. The predicted molar refractivity (Wildman–Crippen MR) is 89.6 cm³/mol. The molecule has 0 radical (unpaired) electrons. The average molecular weight is 339 g/mol. The van der Waals surface area contributed by atoms with E-state index in [4.69, 9.17) is 16.3 Å². The third-order valence-corrected chi connectivity index (χ3v) is 4.04. The number of amides is 1. The van der Waals surface area contributed by atoms with Gasteiger partial charge in [-0.2, -0.15) is 0 Å². The van der Waals surface area contributed by atoms with Crippen molar-refractivity contribution in [1.29, 1.82) is 0 Å². The van der Waals surface area contributed by atoms with E-state index in [2.05, 4.69) is 21.4 Å². The molecule has 1 aliphatic heterocycles. The molecule has 1 aromatic rings. The number of hydrogen-bond donors (Lipinski definition) is 0. The molecule has 6 nitrogen and oxygen atoms in total. The van der Waals surface area contributed by atoms with Crippen molar-refractivity contribution in [2.24, 2.45) is 0 Å². The van der Waals surface area contributed by atoms with Crippen LogP contribution < -0.4 is 4.74 Å². The van der Waals surface area contributed by atoms with E-state index in [-0.39, 0.29) is 12.0 Å². The number of rotatable bonds is 7. The van der Waals surface area contributed by atoms with Gasteiger partial charge in [0, 0.05) is 39.6 Å². The summed E-state index contributed by atoms with van der Waals surface area (Å²) in [4.78, 5) is 23.7. The molecule has 1 atom stereocenters. The summed E-state index contributed by atoms with van der Waals surface area (Å²) in [6.07, 6.45) is 6.64. The molecule has 0 saturated carbocycles. The molecule has 2 rings (SSSR count). The maximum absolute atomic E-state index is 11.4. The van der Waals surface area contributed by atoms with Gasteiger partial charge in [-0.05, 0) is 12.8 Å². The summed E-state index contributed by atoms with van der Waals surface area (Å²) < 4.78 is 5.90. The van der Waals surface area contributed by atoms with Gasteiger partial charge in [-0.1, -0.05) is 17.7 Å². The number of carbonyl (C=O) groups is 1. The Bertz CT molecular complexity index is 515. The van der Waals surface area contributed by atoms with Gasteiger partial charge in [0.15, 0.2) is 0 Å². The van der Waals surface area contributed by atoms with Crippen molar-refractivity contribution in [2.75, 3.05) is 32.7 Å². The van der Waals surface area contributed by atoms with E-state index in [0.717, 1.165) is 45.6 Å². The van der Waals surface area contributed by atoms with Crippen LogP contribution in [0.1, 0.15) is 19.8 Å². The van der Waals surface area contributed by atoms with Crippen LogP contribution in [0, 0.1) is 0 Å². The van der Waals surface area contributed by atoms with Gasteiger partial charge in [0.1, 0.15) is 6.10 Å². The molecule has 1 saturated heterocycles. The Morgan fingerprint density at radius 1 is 1.39 bits per heavy atom. The summed E-state index contributed by atoms with van der Waals surface area (Å²) in [5.74, 6) is 0.138. The van der Waals surface area contributed by atoms with Crippen LogP contribution in [0.25, 0.3) is 0 Å². The first-order valence-electron chi connectivity index (χ1n) is 7.81. The maximum Gasteiger partial charge on any atom is 0.316 e. The van der Waals surface area contributed by atoms with Crippen LogP contribution in [0.4, 0.5) is 0 Å². The molecule has 0 aliphatic carbocycles. The molecule has 2 heterocycles. The van der Waals surface area contributed by atoms with Crippen LogP contribution in [-0.4, -0.2) is 64.5 Å². The van der Waals surface area contributed by atoms with Crippen LogP contribution in [0.15, 0.2) is 25.0 Å². The van der Waals surface area contributed by atoms with Crippen molar-refractivity contribution in [1.82, 2.24) is 19.8 Å². The lowest BCUT2D eigenvalue weighted by molar-refractivity contribution is -0.130. The lowest BCUT2D eigenvalue weighted by Gasteiger charge is -2.35. The van der Waals surface area contributed by atoms with Gasteiger partial charge in [0.05, 0.1) is 17.4 Å². The van der Waals surface area contributed by atoms with Crippen LogP contribution in [-0.2, 0) is 4.79 Å². The second kappa shape index (κ2) is 8.84. The van der Waals surface area contributed by atoms with Crippen molar-refractivity contribution in [2.45, 2.75) is 25.9 Å². The Labute approximate surface area is 142 Å². The SMILES string of the molecule is C=CCCC(CN1CCN(C(C)=O)CC1)Oc1ncc(Cl)cn1. The average Bonchev–Trinajstić information content (AvgIpc) is 2.55. The van der Waals surface area contributed by atoms with Crippen molar-refractivity contribution in [3.05, 3.63) is 30.1 Å². The number of nitrogens with zero attached hydrogens (tertiary/aromatic N) is 4. The Hall–Kier alpha value is -1.66. The lowest BCUT2D eigenvalue weighted by atomic mass is 10.1. The Morgan fingerprint density at radius 3 is 2.61 bits per heavy atom. The molecule has 1 aliphatic rings.